The molecule has 10 heteroatoms. The zero-order valence-corrected chi connectivity index (χ0v) is 23.4. The first-order valence-electron chi connectivity index (χ1n) is 13.7. The highest BCUT2D eigenvalue weighted by Crippen LogP contribution is 2.26. The number of benzene rings is 2. The lowest BCUT2D eigenvalue weighted by Crippen LogP contribution is -2.39. The van der Waals surface area contributed by atoms with Gasteiger partial charge in [-0.3, -0.25) is 14.4 Å². The third-order valence-corrected chi connectivity index (χ3v) is 6.79. The van der Waals surface area contributed by atoms with E-state index >= 15 is 0 Å². The number of oxazole rings is 1. The second-order valence-corrected chi connectivity index (χ2v) is 9.99. The van der Waals surface area contributed by atoms with E-state index in [0.29, 0.717) is 27.8 Å². The number of aryl methyl sites for hydroxylation is 1. The maximum Gasteiger partial charge on any atom is 0.349 e. The third kappa shape index (κ3) is 7.05. The van der Waals surface area contributed by atoms with E-state index in [1.807, 2.05) is 25.1 Å². The molecule has 2 N–H and O–H groups in total. The molecule has 4 aromatic rings. The van der Waals surface area contributed by atoms with E-state index in [4.69, 9.17) is 13.9 Å². The summed E-state index contributed by atoms with van der Waals surface area (Å²) in [5.74, 6) is -1.51. The van der Waals surface area contributed by atoms with Gasteiger partial charge in [-0.1, -0.05) is 42.5 Å². The second kappa shape index (κ2) is 13.0. The summed E-state index contributed by atoms with van der Waals surface area (Å²) >= 11 is 0. The summed E-state index contributed by atoms with van der Waals surface area (Å²) in [5, 5.41) is 12.6. The minimum atomic E-state index is -0.943. The molecule has 10 nitrogen and oxygen atoms in total. The highest BCUT2D eigenvalue weighted by Gasteiger charge is 2.19. The van der Waals surface area contributed by atoms with Crippen molar-refractivity contribution in [2.45, 2.75) is 19.8 Å². The average Bonchev–Trinajstić information content (AvgIpc) is 3.38. The fourth-order valence-electron chi connectivity index (χ4n) is 4.59. The molecule has 2 aromatic carbocycles. The first-order valence-corrected chi connectivity index (χ1v) is 13.7. The van der Waals surface area contributed by atoms with Crippen LogP contribution in [0.1, 0.15) is 28.8 Å². The van der Waals surface area contributed by atoms with Gasteiger partial charge in [0.2, 0.25) is 5.89 Å². The number of carboxylic acids is 1. The van der Waals surface area contributed by atoms with Crippen molar-refractivity contribution in [1.29, 1.82) is 0 Å². The van der Waals surface area contributed by atoms with E-state index in [1.54, 1.807) is 66.8 Å². The van der Waals surface area contributed by atoms with Crippen LogP contribution in [0.4, 0.5) is 0 Å². The van der Waals surface area contributed by atoms with Crippen molar-refractivity contribution in [1.82, 2.24) is 15.2 Å². The Hall–Kier alpha value is -5.51. The highest BCUT2D eigenvalue weighted by atomic mass is 16.4. The van der Waals surface area contributed by atoms with Crippen molar-refractivity contribution < 1.29 is 28.3 Å². The molecule has 2 amide bonds. The van der Waals surface area contributed by atoms with Crippen LogP contribution in [-0.2, 0) is 9.59 Å². The van der Waals surface area contributed by atoms with Gasteiger partial charge in [0.1, 0.15) is 16.7 Å². The maximum absolute atomic E-state index is 13.2. The van der Waals surface area contributed by atoms with E-state index in [9.17, 15) is 19.2 Å². The van der Waals surface area contributed by atoms with Crippen molar-refractivity contribution in [3.63, 3.8) is 0 Å². The zero-order chi connectivity index (χ0) is 30.3. The molecule has 1 aliphatic carbocycles. The molecule has 1 aliphatic rings. The molecular formula is C33H29N3O7. The lowest BCUT2D eigenvalue weighted by Gasteiger charge is -2.23. The lowest BCUT2D eigenvalue weighted by molar-refractivity contribution is -0.137. The predicted octanol–water partition coefficient (Wildman–Crippen LogP) is 4.94. The van der Waals surface area contributed by atoms with Crippen LogP contribution in [-0.4, -0.2) is 52.4 Å². The summed E-state index contributed by atoms with van der Waals surface area (Å²) in [6.45, 7) is 2.46. The smallest absolute Gasteiger partial charge is 0.349 e. The monoisotopic (exact) mass is 579 g/mol. The zero-order valence-electron chi connectivity index (χ0n) is 23.4. The predicted molar refractivity (Wildman–Crippen MR) is 162 cm³/mol. The van der Waals surface area contributed by atoms with Gasteiger partial charge in [0, 0.05) is 42.6 Å². The largest absolute Gasteiger partial charge is 0.481 e. The van der Waals surface area contributed by atoms with Gasteiger partial charge in [-0.15, -0.1) is 0 Å². The van der Waals surface area contributed by atoms with Gasteiger partial charge in [-0.2, -0.15) is 0 Å². The van der Waals surface area contributed by atoms with Crippen molar-refractivity contribution in [3.05, 3.63) is 112 Å². The quantitative estimate of drug-likeness (QED) is 0.252. The molecule has 0 fully saturated rings. The summed E-state index contributed by atoms with van der Waals surface area (Å²) in [7, 11) is 0. The molecule has 0 atom stereocenters. The molecule has 0 saturated heterocycles. The lowest BCUT2D eigenvalue weighted by atomic mass is 10.1. The van der Waals surface area contributed by atoms with E-state index < -0.39 is 11.6 Å². The van der Waals surface area contributed by atoms with Gasteiger partial charge < -0.3 is 24.2 Å². The number of hydrogen-bond acceptors (Lipinski definition) is 7. The number of amides is 2. The number of rotatable bonds is 10. The molecule has 0 radical (unpaired) electrons. The van der Waals surface area contributed by atoms with E-state index in [2.05, 4.69) is 10.3 Å². The number of carbonyl (C=O) groups is 3. The molecule has 43 heavy (non-hydrogen) atoms. The molecule has 2 heterocycles. The maximum atomic E-state index is 13.2. The van der Waals surface area contributed by atoms with Gasteiger partial charge in [0.05, 0.1) is 0 Å². The number of aliphatic carboxylic acids is 1. The highest BCUT2D eigenvalue weighted by molar-refractivity contribution is 5.98. The molecule has 0 spiro atoms. The molecule has 0 unspecified atom stereocenters. The van der Waals surface area contributed by atoms with Crippen LogP contribution in [0.2, 0.25) is 0 Å². The van der Waals surface area contributed by atoms with Crippen molar-refractivity contribution in [2.75, 3.05) is 19.6 Å². The Morgan fingerprint density at radius 1 is 0.930 bits per heavy atom. The first-order chi connectivity index (χ1) is 20.8. The Kier molecular flexibility index (Phi) is 8.76. The van der Waals surface area contributed by atoms with Crippen molar-refractivity contribution in [3.8, 4) is 11.5 Å². The normalized spacial score (nSPS) is 14.1. The van der Waals surface area contributed by atoms with Crippen LogP contribution >= 0.6 is 0 Å². The SMILES string of the molecule is Cc1ccc2cc(-c3nc4cc(C(=O)NCCN(CCCC(=O)O)C(=O)C5=C/C=C\C=C/C=C5)ccc4o3)c(=O)oc2c1. The van der Waals surface area contributed by atoms with Crippen LogP contribution in [0.3, 0.4) is 0 Å². The van der Waals surface area contributed by atoms with Crippen LogP contribution in [0.15, 0.2) is 104 Å². The Bertz CT molecular complexity index is 1890. The molecule has 0 saturated carbocycles. The average molecular weight is 580 g/mol. The molecule has 5 rings (SSSR count). The summed E-state index contributed by atoms with van der Waals surface area (Å²) in [5.41, 5.74) is 2.59. The number of nitrogens with zero attached hydrogens (tertiary/aromatic N) is 2. The van der Waals surface area contributed by atoms with Crippen LogP contribution < -0.4 is 10.9 Å². The number of carboxylic acid groups (broad SMARTS) is 1. The number of fused-ring (bicyclic) bond motifs is 2. The van der Waals surface area contributed by atoms with Gasteiger partial charge >= 0.3 is 11.6 Å². The number of nitrogens with one attached hydrogen (secondary N) is 1. The summed E-state index contributed by atoms with van der Waals surface area (Å²) in [6, 6.07) is 12.0. The second-order valence-electron chi connectivity index (χ2n) is 9.99. The fourth-order valence-corrected chi connectivity index (χ4v) is 4.59. The molecule has 0 aliphatic heterocycles. The summed E-state index contributed by atoms with van der Waals surface area (Å²) in [4.78, 5) is 55.8. The fraction of sp³-hybridized carbons (Fsp3) is 0.182. The number of allylic oxidation sites excluding steroid dienone is 6. The van der Waals surface area contributed by atoms with Gasteiger partial charge in [-0.25, -0.2) is 9.78 Å². The minimum Gasteiger partial charge on any atom is -0.481 e. The number of hydrogen-bond donors (Lipinski definition) is 2. The Morgan fingerprint density at radius 2 is 1.74 bits per heavy atom. The standard InChI is InChI=1S/C33H29N3O7/c1-21-11-12-23-19-25(33(41)43-28(23)18-21)31-35-26-20-24(13-14-27(26)42-31)30(39)34-15-17-36(16-7-10-29(37)38)32(40)22-8-5-3-2-4-6-9-22/h2-6,8-9,11-14,18-20H,7,10,15-17H2,1H3,(H,34,39)(H,37,38)/b3-2-,4-2?,5-3?,6-4-,8-5?,9-6?,22-8?,22-9?. The summed E-state index contributed by atoms with van der Waals surface area (Å²) in [6.07, 6.45) is 12.5. The molecular weight excluding hydrogens is 550 g/mol. The van der Waals surface area contributed by atoms with E-state index in [-0.39, 0.29) is 55.7 Å². The molecule has 0 bridgehead atoms. The minimum absolute atomic E-state index is 0.0752. The molecule has 2 aromatic heterocycles. The first kappa shape index (κ1) is 29.0. The van der Waals surface area contributed by atoms with Gasteiger partial charge in [0.25, 0.3) is 11.8 Å². The van der Waals surface area contributed by atoms with Crippen LogP contribution in [0.5, 0.6) is 0 Å². The van der Waals surface area contributed by atoms with Gasteiger partial charge in [-0.05, 0) is 61.4 Å². The van der Waals surface area contributed by atoms with E-state index in [0.717, 1.165) is 10.9 Å². The molecule has 218 valence electrons. The Morgan fingerprint density at radius 3 is 2.58 bits per heavy atom. The van der Waals surface area contributed by atoms with Crippen molar-refractivity contribution >= 4 is 39.9 Å². The summed E-state index contributed by atoms with van der Waals surface area (Å²) < 4.78 is 11.3. The van der Waals surface area contributed by atoms with E-state index in [1.165, 1.54) is 4.90 Å². The third-order valence-electron chi connectivity index (χ3n) is 6.79. The van der Waals surface area contributed by atoms with Gasteiger partial charge in [0.15, 0.2) is 5.58 Å². The van der Waals surface area contributed by atoms with Crippen molar-refractivity contribution in [2.24, 2.45) is 0 Å². The number of carbonyl (C=O) groups excluding carboxylic acids is 2. The Labute approximate surface area is 246 Å². The Balaban J connectivity index is 1.28. The van der Waals surface area contributed by atoms with Crippen LogP contribution in [0, 0.1) is 6.92 Å². The number of aromatic nitrogens is 1. The topological polar surface area (TPSA) is 143 Å². The van der Waals surface area contributed by atoms with Crippen LogP contribution in [0.25, 0.3) is 33.5 Å².